The quantitative estimate of drug-likeness (QED) is 0.752. The lowest BCUT2D eigenvalue weighted by Gasteiger charge is -2.04. The number of nitrogens with zero attached hydrogens (tertiary/aromatic N) is 1. The molecule has 0 N–H and O–H groups in total. The Hall–Kier alpha value is -0.840. The second kappa shape index (κ2) is 3.49. The molecule has 13 heavy (non-hydrogen) atoms. The highest BCUT2D eigenvalue weighted by Gasteiger charge is 2.03. The molecule has 2 rings (SSSR count). The van der Waals surface area contributed by atoms with Gasteiger partial charge in [0.25, 0.3) is 0 Å². The second-order valence-electron chi connectivity index (χ2n) is 2.65. The van der Waals surface area contributed by atoms with Crippen molar-refractivity contribution in [3.63, 3.8) is 0 Å². The number of ether oxygens (including phenoxy) is 1. The molecule has 3 heteroatoms. The fraction of sp³-hybridized carbons (Fsp3) is 0.100. The van der Waals surface area contributed by atoms with Gasteiger partial charge >= 0.3 is 0 Å². The molecule has 0 saturated heterocycles. The zero-order chi connectivity index (χ0) is 9.26. The molecule has 1 aromatic carbocycles. The van der Waals surface area contributed by atoms with E-state index in [2.05, 4.69) is 27.6 Å². The Labute approximate surface area is 90.1 Å². The number of rotatable bonds is 1. The molecule has 0 aliphatic rings. The van der Waals surface area contributed by atoms with Gasteiger partial charge in [0.1, 0.15) is 11.3 Å². The third-order valence-corrected chi connectivity index (χ3v) is 2.84. The Morgan fingerprint density at radius 2 is 2.15 bits per heavy atom. The molecule has 0 unspecified atom stereocenters. The molecule has 66 valence electrons. The van der Waals surface area contributed by atoms with Gasteiger partial charge in [-0.3, -0.25) is 4.98 Å². The first-order valence-electron chi connectivity index (χ1n) is 3.90. The standard InChI is InChI=1S/C10H8INO/c1-13-9-5-4-8(11)7-3-2-6-12-10(7)9/h2-6H,1H3. The molecule has 2 aromatic rings. The van der Waals surface area contributed by atoms with E-state index in [9.17, 15) is 0 Å². The molecular weight excluding hydrogens is 277 g/mol. The molecule has 0 aliphatic carbocycles. The van der Waals surface area contributed by atoms with Gasteiger partial charge in [-0.15, -0.1) is 0 Å². The molecule has 2 nitrogen and oxygen atoms in total. The first-order valence-corrected chi connectivity index (χ1v) is 4.98. The number of aromatic nitrogens is 1. The molecule has 0 radical (unpaired) electrons. The summed E-state index contributed by atoms with van der Waals surface area (Å²) in [5, 5.41) is 1.14. The highest BCUT2D eigenvalue weighted by molar-refractivity contribution is 14.1. The maximum Gasteiger partial charge on any atom is 0.145 e. The first-order chi connectivity index (χ1) is 6.33. The summed E-state index contributed by atoms with van der Waals surface area (Å²) < 4.78 is 6.41. The number of hydrogen-bond acceptors (Lipinski definition) is 2. The lowest BCUT2D eigenvalue weighted by atomic mass is 10.2. The summed E-state index contributed by atoms with van der Waals surface area (Å²) >= 11 is 2.30. The van der Waals surface area contributed by atoms with Gasteiger partial charge in [0, 0.05) is 15.2 Å². The number of pyridine rings is 1. The van der Waals surface area contributed by atoms with Crippen LogP contribution < -0.4 is 4.74 Å². The number of methoxy groups -OCH3 is 1. The molecule has 0 spiro atoms. The lowest BCUT2D eigenvalue weighted by molar-refractivity contribution is 0.419. The topological polar surface area (TPSA) is 22.1 Å². The monoisotopic (exact) mass is 285 g/mol. The van der Waals surface area contributed by atoms with Crippen molar-refractivity contribution in [3.05, 3.63) is 34.0 Å². The zero-order valence-corrected chi connectivity index (χ0v) is 9.28. The number of fused-ring (bicyclic) bond motifs is 1. The molecule has 0 amide bonds. The van der Waals surface area contributed by atoms with E-state index in [0.717, 1.165) is 16.7 Å². The van der Waals surface area contributed by atoms with Crippen LogP contribution in [-0.2, 0) is 0 Å². The van der Waals surface area contributed by atoms with Crippen LogP contribution in [0.4, 0.5) is 0 Å². The van der Waals surface area contributed by atoms with Crippen LogP contribution in [0.15, 0.2) is 30.5 Å². The minimum atomic E-state index is 0.830. The Kier molecular flexibility index (Phi) is 2.35. The summed E-state index contributed by atoms with van der Waals surface area (Å²) in [7, 11) is 1.66. The average molecular weight is 285 g/mol. The predicted molar refractivity (Wildman–Crippen MR) is 61.0 cm³/mol. The van der Waals surface area contributed by atoms with E-state index in [0.29, 0.717) is 0 Å². The van der Waals surface area contributed by atoms with Gasteiger partial charge in [0.15, 0.2) is 0 Å². The van der Waals surface area contributed by atoms with Gasteiger partial charge in [-0.25, -0.2) is 0 Å². The Balaban J connectivity index is 2.84. The SMILES string of the molecule is COc1ccc(I)c2cccnc12. The van der Waals surface area contributed by atoms with Gasteiger partial charge < -0.3 is 4.74 Å². The maximum atomic E-state index is 5.22. The molecule has 0 saturated carbocycles. The average Bonchev–Trinajstić information content (AvgIpc) is 2.19. The minimum Gasteiger partial charge on any atom is -0.494 e. The summed E-state index contributed by atoms with van der Waals surface area (Å²) in [6, 6.07) is 7.96. The second-order valence-corrected chi connectivity index (χ2v) is 3.81. The summed E-state index contributed by atoms with van der Waals surface area (Å²) in [5.74, 6) is 0.830. The van der Waals surface area contributed by atoms with Crippen molar-refractivity contribution < 1.29 is 4.74 Å². The largest absolute Gasteiger partial charge is 0.494 e. The number of benzene rings is 1. The summed E-state index contributed by atoms with van der Waals surface area (Å²) in [4.78, 5) is 4.28. The maximum absolute atomic E-state index is 5.22. The number of hydrogen-bond donors (Lipinski definition) is 0. The minimum absolute atomic E-state index is 0.830. The molecule has 1 heterocycles. The lowest BCUT2D eigenvalue weighted by Crippen LogP contribution is -1.88. The molecule has 0 atom stereocenters. The van der Waals surface area contributed by atoms with Crippen molar-refractivity contribution in [1.29, 1.82) is 0 Å². The Bertz CT molecular complexity index is 442. The van der Waals surface area contributed by atoms with Crippen molar-refractivity contribution in [1.82, 2.24) is 4.98 Å². The van der Waals surface area contributed by atoms with Crippen molar-refractivity contribution in [2.45, 2.75) is 0 Å². The normalized spacial score (nSPS) is 10.3. The highest BCUT2D eigenvalue weighted by Crippen LogP contribution is 2.26. The van der Waals surface area contributed by atoms with Gasteiger partial charge in [0.2, 0.25) is 0 Å². The van der Waals surface area contributed by atoms with E-state index in [-0.39, 0.29) is 0 Å². The third kappa shape index (κ3) is 1.48. The van der Waals surface area contributed by atoms with Crippen molar-refractivity contribution in [3.8, 4) is 5.75 Å². The third-order valence-electron chi connectivity index (χ3n) is 1.90. The molecule has 0 bridgehead atoms. The smallest absolute Gasteiger partial charge is 0.145 e. The van der Waals surface area contributed by atoms with Crippen LogP contribution in [-0.4, -0.2) is 12.1 Å². The molecule has 0 fully saturated rings. The van der Waals surface area contributed by atoms with E-state index < -0.39 is 0 Å². The summed E-state index contributed by atoms with van der Waals surface area (Å²) in [6.07, 6.45) is 1.78. The van der Waals surface area contributed by atoms with Crippen LogP contribution in [0, 0.1) is 3.57 Å². The van der Waals surface area contributed by atoms with Crippen LogP contribution in [0.3, 0.4) is 0 Å². The molecular formula is C10H8INO. The highest BCUT2D eigenvalue weighted by atomic mass is 127. The van der Waals surface area contributed by atoms with Gasteiger partial charge in [-0.05, 0) is 40.8 Å². The van der Waals surface area contributed by atoms with Crippen LogP contribution in [0.25, 0.3) is 10.9 Å². The summed E-state index contributed by atoms with van der Waals surface area (Å²) in [5.41, 5.74) is 0.928. The predicted octanol–water partition coefficient (Wildman–Crippen LogP) is 2.85. The molecule has 0 aliphatic heterocycles. The first kappa shape index (κ1) is 8.74. The van der Waals surface area contributed by atoms with Gasteiger partial charge in [-0.2, -0.15) is 0 Å². The van der Waals surface area contributed by atoms with Crippen molar-refractivity contribution >= 4 is 33.5 Å². The van der Waals surface area contributed by atoms with Gasteiger partial charge in [-0.1, -0.05) is 6.07 Å². The van der Waals surface area contributed by atoms with Crippen molar-refractivity contribution in [2.24, 2.45) is 0 Å². The van der Waals surface area contributed by atoms with E-state index in [4.69, 9.17) is 4.74 Å². The van der Waals surface area contributed by atoms with Crippen molar-refractivity contribution in [2.75, 3.05) is 7.11 Å². The molecule has 1 aromatic heterocycles. The van der Waals surface area contributed by atoms with E-state index in [1.54, 1.807) is 13.3 Å². The van der Waals surface area contributed by atoms with Crippen LogP contribution in [0.1, 0.15) is 0 Å². The number of halogens is 1. The fourth-order valence-electron chi connectivity index (χ4n) is 1.28. The van der Waals surface area contributed by atoms with Gasteiger partial charge in [0.05, 0.1) is 7.11 Å². The fourth-order valence-corrected chi connectivity index (χ4v) is 1.89. The van der Waals surface area contributed by atoms with E-state index in [1.807, 2.05) is 24.3 Å². The van der Waals surface area contributed by atoms with E-state index >= 15 is 0 Å². The van der Waals surface area contributed by atoms with E-state index in [1.165, 1.54) is 3.57 Å². The van der Waals surface area contributed by atoms with Crippen LogP contribution in [0.5, 0.6) is 5.75 Å². The Morgan fingerprint density at radius 1 is 1.31 bits per heavy atom. The van der Waals surface area contributed by atoms with Crippen LogP contribution in [0.2, 0.25) is 0 Å². The summed E-state index contributed by atoms with van der Waals surface area (Å²) in [6.45, 7) is 0. The zero-order valence-electron chi connectivity index (χ0n) is 7.12. The Morgan fingerprint density at radius 3 is 2.92 bits per heavy atom. The van der Waals surface area contributed by atoms with Crippen LogP contribution >= 0.6 is 22.6 Å².